The number of benzene rings is 1. The smallest absolute Gasteiger partial charge is 0.338 e. The fourth-order valence-corrected chi connectivity index (χ4v) is 3.37. The maximum absolute atomic E-state index is 13.6. The van der Waals surface area contributed by atoms with Gasteiger partial charge in [0, 0.05) is 17.3 Å². The Balaban J connectivity index is 2.97. The molecule has 0 heterocycles. The third kappa shape index (κ3) is 4.69. The van der Waals surface area contributed by atoms with E-state index in [1.807, 2.05) is 0 Å². The van der Waals surface area contributed by atoms with Crippen LogP contribution >= 0.6 is 26.6 Å². The molecule has 1 aromatic rings. The largest absolute Gasteiger partial charge is 0.460 e. The van der Waals surface area contributed by atoms with E-state index in [0.29, 0.717) is 6.61 Å². The van der Waals surface area contributed by atoms with E-state index in [1.54, 1.807) is 6.92 Å². The first-order valence-corrected chi connectivity index (χ1v) is 8.56. The number of esters is 1. The molecule has 5 nitrogen and oxygen atoms in total. The minimum absolute atomic E-state index is 0.0205. The summed E-state index contributed by atoms with van der Waals surface area (Å²) in [6.45, 7) is 2.43. The average Bonchev–Trinajstić information content (AvgIpc) is 2.36. The van der Waals surface area contributed by atoms with Gasteiger partial charge in [0.1, 0.15) is 17.3 Å². The predicted octanol–water partition coefficient (Wildman–Crippen LogP) is 2.71. The lowest BCUT2D eigenvalue weighted by Gasteiger charge is -2.07. The van der Waals surface area contributed by atoms with Crippen molar-refractivity contribution in [2.24, 2.45) is 0 Å². The van der Waals surface area contributed by atoms with Gasteiger partial charge >= 0.3 is 5.97 Å². The Labute approximate surface area is 128 Å². The van der Waals surface area contributed by atoms with E-state index in [-0.39, 0.29) is 23.2 Å². The zero-order chi connectivity index (χ0) is 15.3. The van der Waals surface area contributed by atoms with Gasteiger partial charge in [-0.2, -0.15) is 0 Å². The molecule has 0 aliphatic carbocycles. The first kappa shape index (κ1) is 17.4. The summed E-state index contributed by atoms with van der Waals surface area (Å²) < 4.78 is 45.6. The molecule has 1 aromatic carbocycles. The molecule has 0 fully saturated rings. The van der Waals surface area contributed by atoms with Gasteiger partial charge in [0.2, 0.25) is 0 Å². The first-order valence-electron chi connectivity index (χ1n) is 5.46. The second-order valence-electron chi connectivity index (χ2n) is 3.54. The van der Waals surface area contributed by atoms with Crippen LogP contribution in [-0.4, -0.2) is 34.2 Å². The standard InChI is InChI=1S/C11H11BrClFO5S/c1-2-18-3-4-19-11(15)7-5-8(14)10(12)9(6-7)20(13,16)17/h5-6H,2-4H2,1H3. The Morgan fingerprint density at radius 2 is 2.05 bits per heavy atom. The van der Waals surface area contributed by atoms with Gasteiger partial charge in [-0.25, -0.2) is 17.6 Å². The summed E-state index contributed by atoms with van der Waals surface area (Å²) in [5, 5.41) is 0. The molecule has 0 radical (unpaired) electrons. The van der Waals surface area contributed by atoms with E-state index in [1.165, 1.54) is 0 Å². The maximum atomic E-state index is 13.6. The van der Waals surface area contributed by atoms with Crippen LogP contribution in [-0.2, 0) is 18.5 Å². The summed E-state index contributed by atoms with van der Waals surface area (Å²) in [6.07, 6.45) is 0. The number of hydrogen-bond acceptors (Lipinski definition) is 5. The van der Waals surface area contributed by atoms with E-state index in [2.05, 4.69) is 15.9 Å². The number of halogens is 3. The van der Waals surface area contributed by atoms with Crippen LogP contribution < -0.4 is 0 Å². The van der Waals surface area contributed by atoms with E-state index in [9.17, 15) is 17.6 Å². The second-order valence-corrected chi connectivity index (χ2v) is 6.87. The Bertz CT molecular complexity index is 605. The van der Waals surface area contributed by atoms with Gasteiger partial charge in [-0.1, -0.05) is 0 Å². The van der Waals surface area contributed by atoms with Gasteiger partial charge < -0.3 is 9.47 Å². The lowest BCUT2D eigenvalue weighted by molar-refractivity contribution is 0.0334. The van der Waals surface area contributed by atoms with E-state index in [0.717, 1.165) is 12.1 Å². The zero-order valence-corrected chi connectivity index (χ0v) is 13.5. The molecule has 0 aliphatic rings. The van der Waals surface area contributed by atoms with Crippen LogP contribution in [0.5, 0.6) is 0 Å². The molecule has 20 heavy (non-hydrogen) atoms. The number of rotatable bonds is 6. The van der Waals surface area contributed by atoms with Crippen molar-refractivity contribution >= 4 is 41.6 Å². The third-order valence-corrected chi connectivity index (χ3v) is 4.57. The SMILES string of the molecule is CCOCCOC(=O)c1cc(F)c(Br)c(S(=O)(=O)Cl)c1. The molecule has 0 atom stereocenters. The Morgan fingerprint density at radius 3 is 2.60 bits per heavy atom. The van der Waals surface area contributed by atoms with Gasteiger partial charge in [0.15, 0.2) is 0 Å². The van der Waals surface area contributed by atoms with Crippen molar-refractivity contribution in [2.45, 2.75) is 11.8 Å². The van der Waals surface area contributed by atoms with Crippen molar-refractivity contribution in [3.8, 4) is 0 Å². The highest BCUT2D eigenvalue weighted by atomic mass is 79.9. The first-order chi connectivity index (χ1) is 9.27. The molecular formula is C11H11BrClFO5S. The van der Waals surface area contributed by atoms with Gasteiger partial charge in [-0.05, 0) is 35.0 Å². The van der Waals surface area contributed by atoms with Crippen LogP contribution in [0.1, 0.15) is 17.3 Å². The molecule has 0 amide bonds. The van der Waals surface area contributed by atoms with Crippen molar-refractivity contribution in [3.05, 3.63) is 28.0 Å². The monoisotopic (exact) mass is 388 g/mol. The van der Waals surface area contributed by atoms with E-state index in [4.69, 9.17) is 20.2 Å². The van der Waals surface area contributed by atoms with Gasteiger partial charge in [0.25, 0.3) is 9.05 Å². The van der Waals surface area contributed by atoms with Crippen LogP contribution in [0.25, 0.3) is 0 Å². The van der Waals surface area contributed by atoms with Crippen LogP contribution in [0.2, 0.25) is 0 Å². The highest BCUT2D eigenvalue weighted by molar-refractivity contribution is 9.10. The number of carbonyl (C=O) groups excluding carboxylic acids is 1. The zero-order valence-electron chi connectivity index (χ0n) is 10.4. The van der Waals surface area contributed by atoms with Crippen LogP contribution in [0.15, 0.2) is 21.5 Å². The van der Waals surface area contributed by atoms with Crippen LogP contribution in [0.3, 0.4) is 0 Å². The van der Waals surface area contributed by atoms with Gasteiger partial charge in [-0.15, -0.1) is 0 Å². The van der Waals surface area contributed by atoms with Gasteiger partial charge in [-0.3, -0.25) is 0 Å². The van der Waals surface area contributed by atoms with Crippen molar-refractivity contribution in [2.75, 3.05) is 19.8 Å². The fourth-order valence-electron chi connectivity index (χ4n) is 1.28. The number of ether oxygens (including phenoxy) is 2. The molecule has 0 aliphatic heterocycles. The number of hydrogen-bond donors (Lipinski definition) is 0. The molecule has 0 bridgehead atoms. The molecule has 0 saturated carbocycles. The topological polar surface area (TPSA) is 69.7 Å². The van der Waals surface area contributed by atoms with Crippen LogP contribution in [0.4, 0.5) is 4.39 Å². The van der Waals surface area contributed by atoms with Crippen LogP contribution in [0, 0.1) is 5.82 Å². The Morgan fingerprint density at radius 1 is 1.40 bits per heavy atom. The Hall–Kier alpha value is -0.700. The third-order valence-electron chi connectivity index (χ3n) is 2.16. The fraction of sp³-hybridized carbons (Fsp3) is 0.364. The highest BCUT2D eigenvalue weighted by Crippen LogP contribution is 2.29. The molecular weight excluding hydrogens is 379 g/mol. The lowest BCUT2D eigenvalue weighted by atomic mass is 10.2. The predicted molar refractivity (Wildman–Crippen MR) is 73.9 cm³/mol. The van der Waals surface area contributed by atoms with Crippen molar-refractivity contribution in [1.82, 2.24) is 0 Å². The molecule has 0 unspecified atom stereocenters. The Kier molecular flexibility index (Phi) is 6.38. The summed E-state index contributed by atoms with van der Waals surface area (Å²) in [7, 11) is 0.973. The maximum Gasteiger partial charge on any atom is 0.338 e. The molecule has 0 saturated heterocycles. The second kappa shape index (κ2) is 7.35. The summed E-state index contributed by atoms with van der Waals surface area (Å²) in [5.74, 6) is -1.79. The van der Waals surface area contributed by atoms with Crippen molar-refractivity contribution in [1.29, 1.82) is 0 Å². The highest BCUT2D eigenvalue weighted by Gasteiger charge is 2.21. The quantitative estimate of drug-likeness (QED) is 0.425. The molecule has 0 spiro atoms. The minimum Gasteiger partial charge on any atom is -0.460 e. The van der Waals surface area contributed by atoms with E-state index < -0.39 is 25.7 Å². The summed E-state index contributed by atoms with van der Waals surface area (Å²) in [6, 6.07) is 1.80. The van der Waals surface area contributed by atoms with Crippen molar-refractivity contribution < 1.29 is 27.1 Å². The summed E-state index contributed by atoms with van der Waals surface area (Å²) in [5.41, 5.74) is -0.249. The summed E-state index contributed by atoms with van der Waals surface area (Å²) >= 11 is 2.76. The molecule has 0 aromatic heterocycles. The minimum atomic E-state index is -4.19. The van der Waals surface area contributed by atoms with Crippen molar-refractivity contribution in [3.63, 3.8) is 0 Å². The molecule has 0 N–H and O–H groups in total. The normalized spacial score (nSPS) is 11.4. The number of carbonyl (C=O) groups is 1. The molecule has 1 rings (SSSR count). The van der Waals surface area contributed by atoms with E-state index >= 15 is 0 Å². The molecule has 112 valence electrons. The van der Waals surface area contributed by atoms with Gasteiger partial charge in [0.05, 0.1) is 16.6 Å². The average molecular weight is 390 g/mol. The summed E-state index contributed by atoms with van der Waals surface area (Å²) in [4.78, 5) is 11.1. The lowest BCUT2D eigenvalue weighted by Crippen LogP contribution is -2.12. The molecule has 9 heteroatoms.